The van der Waals surface area contributed by atoms with E-state index in [9.17, 15) is 0 Å². The van der Waals surface area contributed by atoms with Gasteiger partial charge in [-0.2, -0.15) is 0 Å². The second kappa shape index (κ2) is 10.3. The summed E-state index contributed by atoms with van der Waals surface area (Å²) in [6.07, 6.45) is 0. The predicted molar refractivity (Wildman–Crippen MR) is 207 cm³/mol. The van der Waals surface area contributed by atoms with Gasteiger partial charge in [-0.05, 0) is 158 Å². The van der Waals surface area contributed by atoms with Crippen LogP contribution in [0, 0.1) is 20.8 Å². The Hall–Kier alpha value is -5.92. The molecule has 0 aromatic heterocycles. The summed E-state index contributed by atoms with van der Waals surface area (Å²) >= 11 is 0. The largest absolute Gasteiger partial charge is 0.310 e. The number of nitrogens with zero attached hydrogens (tertiary/aromatic N) is 1. The molecule has 0 saturated carbocycles. The molecule has 0 fully saturated rings. The van der Waals surface area contributed by atoms with Gasteiger partial charge in [0, 0.05) is 17.1 Å². The first-order valence-electron chi connectivity index (χ1n) is 17.3. The van der Waals surface area contributed by atoms with Crippen molar-refractivity contribution in [2.24, 2.45) is 0 Å². The molecule has 8 aromatic rings. The molecule has 0 amide bonds. The molecule has 10 rings (SSSR count). The number of hydrogen-bond acceptors (Lipinski definition) is 1. The highest BCUT2D eigenvalue weighted by Crippen LogP contribution is 2.63. The number of rotatable bonds is 3. The Morgan fingerprint density at radius 1 is 0.367 bits per heavy atom. The molecule has 1 heteroatoms. The van der Waals surface area contributed by atoms with E-state index in [1.54, 1.807) is 0 Å². The molecule has 2 aliphatic rings. The number of benzene rings is 8. The van der Waals surface area contributed by atoms with E-state index < -0.39 is 5.41 Å². The smallest absolute Gasteiger partial charge is 0.0725 e. The predicted octanol–water partition coefficient (Wildman–Crippen LogP) is 12.7. The van der Waals surface area contributed by atoms with Crippen LogP contribution in [-0.2, 0) is 5.41 Å². The van der Waals surface area contributed by atoms with Crippen molar-refractivity contribution in [3.05, 3.63) is 197 Å². The van der Waals surface area contributed by atoms with Crippen LogP contribution >= 0.6 is 0 Å². The fourth-order valence-electron chi connectivity index (χ4n) is 9.01. The molecule has 1 nitrogen and oxygen atoms in total. The highest BCUT2D eigenvalue weighted by Gasteiger charge is 2.51. The van der Waals surface area contributed by atoms with Crippen LogP contribution < -0.4 is 4.90 Å². The Bertz CT molecular complexity index is 2590. The quantitative estimate of drug-likeness (QED) is 0.189. The third-order valence-corrected chi connectivity index (χ3v) is 11.0. The minimum atomic E-state index is -0.393. The highest BCUT2D eigenvalue weighted by atomic mass is 15.1. The van der Waals surface area contributed by atoms with E-state index >= 15 is 0 Å². The summed E-state index contributed by atoms with van der Waals surface area (Å²) < 4.78 is 0. The van der Waals surface area contributed by atoms with Crippen LogP contribution in [0.5, 0.6) is 0 Å². The number of aryl methyl sites for hydroxylation is 3. The Morgan fingerprint density at radius 3 is 1.55 bits per heavy atom. The summed E-state index contributed by atoms with van der Waals surface area (Å²) in [5.74, 6) is 0. The lowest BCUT2D eigenvalue weighted by atomic mass is 9.70. The summed E-state index contributed by atoms with van der Waals surface area (Å²) in [7, 11) is 0. The zero-order chi connectivity index (χ0) is 32.9. The fourth-order valence-corrected chi connectivity index (χ4v) is 9.01. The van der Waals surface area contributed by atoms with Crippen molar-refractivity contribution >= 4 is 38.6 Å². The fraction of sp³-hybridized carbons (Fsp3) is 0.0833. The standard InChI is InChI=1S/C48H35N/c1-30-22-31(2)24-38(23-30)49(47-19-11-4-12-32(47)3)37-21-20-35-27-42-41-26-33-13-5-6-14-34(33)28-45(41)48(46(42)29-36(35)25-37)43-17-9-7-15-39(43)40-16-8-10-18-44(40)48/h4-29H,1-3H3. The third kappa shape index (κ3) is 3.93. The minimum Gasteiger partial charge on any atom is -0.310 e. The van der Waals surface area contributed by atoms with E-state index in [0.717, 1.165) is 5.69 Å². The molecular weight excluding hydrogens is 591 g/mol. The molecule has 8 aromatic carbocycles. The number of fused-ring (bicyclic) bond motifs is 12. The summed E-state index contributed by atoms with van der Waals surface area (Å²) in [5, 5.41) is 5.06. The molecule has 0 aliphatic heterocycles. The van der Waals surface area contributed by atoms with E-state index in [1.807, 2.05) is 0 Å². The van der Waals surface area contributed by atoms with Crippen LogP contribution in [0.3, 0.4) is 0 Å². The maximum absolute atomic E-state index is 2.51. The number of hydrogen-bond donors (Lipinski definition) is 0. The average molecular weight is 626 g/mol. The molecule has 0 saturated heterocycles. The van der Waals surface area contributed by atoms with Gasteiger partial charge in [-0.1, -0.05) is 103 Å². The maximum atomic E-state index is 2.51. The van der Waals surface area contributed by atoms with Gasteiger partial charge in [0.25, 0.3) is 0 Å². The number of anilines is 3. The van der Waals surface area contributed by atoms with E-state index in [-0.39, 0.29) is 0 Å². The average Bonchev–Trinajstić information content (AvgIpc) is 3.56. The summed E-state index contributed by atoms with van der Waals surface area (Å²) in [6.45, 7) is 6.58. The van der Waals surface area contributed by atoms with Crippen molar-refractivity contribution in [3.8, 4) is 22.3 Å². The van der Waals surface area contributed by atoms with Crippen LogP contribution in [0.1, 0.15) is 38.9 Å². The molecule has 2 aliphatic carbocycles. The second-order valence-electron chi connectivity index (χ2n) is 14.0. The second-order valence-corrected chi connectivity index (χ2v) is 14.0. The summed E-state index contributed by atoms with van der Waals surface area (Å²) in [4.78, 5) is 2.43. The van der Waals surface area contributed by atoms with Crippen LogP contribution in [0.15, 0.2) is 158 Å². The van der Waals surface area contributed by atoms with Crippen molar-refractivity contribution in [3.63, 3.8) is 0 Å². The minimum absolute atomic E-state index is 0.393. The maximum Gasteiger partial charge on any atom is 0.0725 e. The number of para-hydroxylation sites is 1. The SMILES string of the molecule is Cc1cc(C)cc(N(c2ccc3cc4c(cc3c2)C2(c3ccccc3-c3ccccc32)c2cc3ccccc3cc2-4)c2ccccc2C)c1. The molecule has 1 spiro atoms. The first kappa shape index (κ1) is 28.1. The van der Waals surface area contributed by atoms with Gasteiger partial charge in [-0.15, -0.1) is 0 Å². The third-order valence-electron chi connectivity index (χ3n) is 11.0. The van der Waals surface area contributed by atoms with Gasteiger partial charge >= 0.3 is 0 Å². The first-order chi connectivity index (χ1) is 24.0. The van der Waals surface area contributed by atoms with E-state index in [0.29, 0.717) is 0 Å². The monoisotopic (exact) mass is 625 g/mol. The van der Waals surface area contributed by atoms with Gasteiger partial charge in [0.1, 0.15) is 0 Å². The molecule has 49 heavy (non-hydrogen) atoms. The molecule has 0 unspecified atom stereocenters. The van der Waals surface area contributed by atoms with Crippen molar-refractivity contribution in [1.29, 1.82) is 0 Å². The van der Waals surface area contributed by atoms with Gasteiger partial charge in [0.05, 0.1) is 5.41 Å². The molecule has 0 atom stereocenters. The van der Waals surface area contributed by atoms with Crippen molar-refractivity contribution in [2.75, 3.05) is 4.90 Å². The van der Waals surface area contributed by atoms with Crippen molar-refractivity contribution in [2.45, 2.75) is 26.2 Å². The highest BCUT2D eigenvalue weighted by molar-refractivity contribution is 6.04. The van der Waals surface area contributed by atoms with E-state index in [4.69, 9.17) is 0 Å². The van der Waals surface area contributed by atoms with Crippen LogP contribution in [0.4, 0.5) is 17.1 Å². The van der Waals surface area contributed by atoms with E-state index in [1.165, 1.54) is 94.1 Å². The van der Waals surface area contributed by atoms with Gasteiger partial charge in [-0.3, -0.25) is 0 Å². The molecule has 232 valence electrons. The van der Waals surface area contributed by atoms with Crippen LogP contribution in [0.2, 0.25) is 0 Å². The van der Waals surface area contributed by atoms with E-state index in [2.05, 4.69) is 183 Å². The topological polar surface area (TPSA) is 3.24 Å². The van der Waals surface area contributed by atoms with Gasteiger partial charge in [0.2, 0.25) is 0 Å². The summed E-state index contributed by atoms with van der Waals surface area (Å²) in [5.41, 5.74) is 17.7. The lowest BCUT2D eigenvalue weighted by molar-refractivity contribution is 0.796. The Kier molecular flexibility index (Phi) is 5.91. The molecular formula is C48H35N. The Balaban J connectivity index is 1.28. The van der Waals surface area contributed by atoms with Gasteiger partial charge < -0.3 is 4.90 Å². The Labute approximate surface area is 287 Å². The van der Waals surface area contributed by atoms with Crippen molar-refractivity contribution in [1.82, 2.24) is 0 Å². The van der Waals surface area contributed by atoms with Gasteiger partial charge in [0.15, 0.2) is 0 Å². The lowest BCUT2D eigenvalue weighted by Gasteiger charge is -2.31. The van der Waals surface area contributed by atoms with Gasteiger partial charge in [-0.25, -0.2) is 0 Å². The Morgan fingerprint density at radius 2 is 0.898 bits per heavy atom. The van der Waals surface area contributed by atoms with Crippen LogP contribution in [0.25, 0.3) is 43.8 Å². The molecule has 0 heterocycles. The molecule has 0 N–H and O–H groups in total. The zero-order valence-electron chi connectivity index (χ0n) is 28.0. The molecule has 0 bridgehead atoms. The van der Waals surface area contributed by atoms with Crippen molar-refractivity contribution < 1.29 is 0 Å². The zero-order valence-corrected chi connectivity index (χ0v) is 28.0. The lowest BCUT2D eigenvalue weighted by Crippen LogP contribution is -2.25. The first-order valence-corrected chi connectivity index (χ1v) is 17.3. The normalized spacial score (nSPS) is 13.4. The van der Waals surface area contributed by atoms with Crippen LogP contribution in [-0.4, -0.2) is 0 Å². The summed E-state index contributed by atoms with van der Waals surface area (Å²) in [6, 6.07) is 59.4. The molecule has 0 radical (unpaired) electrons.